The van der Waals surface area contributed by atoms with E-state index < -0.39 is 0 Å². The van der Waals surface area contributed by atoms with Crippen molar-refractivity contribution in [1.82, 2.24) is 0 Å². The number of carbonyl (C=O) groups is 2. The van der Waals surface area contributed by atoms with E-state index in [1.54, 1.807) is 0 Å². The molecule has 5 nitrogen and oxygen atoms in total. The van der Waals surface area contributed by atoms with E-state index in [1.807, 2.05) is 0 Å². The van der Waals surface area contributed by atoms with E-state index in [0.717, 1.165) is 44.9 Å². The summed E-state index contributed by atoms with van der Waals surface area (Å²) in [5.41, 5.74) is 0.798. The maximum atomic E-state index is 12.6. The molecule has 1 rings (SSSR count). The van der Waals surface area contributed by atoms with Crippen LogP contribution < -0.4 is 0 Å². The van der Waals surface area contributed by atoms with Crippen molar-refractivity contribution in [2.24, 2.45) is 0 Å². The molecule has 0 amide bonds. The van der Waals surface area contributed by atoms with Gasteiger partial charge in [0.15, 0.2) is 0 Å². The van der Waals surface area contributed by atoms with Crippen molar-refractivity contribution in [2.45, 2.75) is 57.8 Å². The number of ether oxygens (including phenoxy) is 2. The van der Waals surface area contributed by atoms with Gasteiger partial charge in [0.05, 0.1) is 14.2 Å². The molecule has 140 valence electrons. The number of aliphatic hydroxyl groups is 1. The third-order valence-electron chi connectivity index (χ3n) is 4.41. The Labute approximate surface area is 150 Å². The Balaban J connectivity index is 2.52. The molecular weight excluding hydrogens is 320 g/mol. The van der Waals surface area contributed by atoms with Crippen molar-refractivity contribution in [1.29, 1.82) is 0 Å². The van der Waals surface area contributed by atoms with Gasteiger partial charge in [-0.15, -0.1) is 0 Å². The lowest BCUT2D eigenvalue weighted by Crippen LogP contribution is -2.25. The molecule has 0 aliphatic heterocycles. The number of methoxy groups -OCH3 is 2. The average molecular weight is 350 g/mol. The van der Waals surface area contributed by atoms with Crippen LogP contribution in [-0.4, -0.2) is 37.5 Å². The second kappa shape index (κ2) is 11.6. The van der Waals surface area contributed by atoms with Crippen LogP contribution in [0.2, 0.25) is 0 Å². The van der Waals surface area contributed by atoms with Crippen LogP contribution in [0.15, 0.2) is 35.3 Å². The SMILES string of the molecule is C=CC1=C(CCCCCCCCCCO)C(=O)C(OC)=C(OC)C1=O. The lowest BCUT2D eigenvalue weighted by atomic mass is 9.88. The first-order valence-electron chi connectivity index (χ1n) is 9.00. The highest BCUT2D eigenvalue weighted by molar-refractivity contribution is 6.24. The lowest BCUT2D eigenvalue weighted by molar-refractivity contribution is -0.121. The summed E-state index contributed by atoms with van der Waals surface area (Å²) < 4.78 is 10.1. The highest BCUT2D eigenvalue weighted by atomic mass is 16.5. The topological polar surface area (TPSA) is 72.8 Å². The van der Waals surface area contributed by atoms with Crippen molar-refractivity contribution < 1.29 is 24.2 Å². The third-order valence-corrected chi connectivity index (χ3v) is 4.41. The molecule has 5 heteroatoms. The molecule has 0 fully saturated rings. The van der Waals surface area contributed by atoms with Gasteiger partial charge < -0.3 is 14.6 Å². The molecule has 0 atom stereocenters. The second-order valence-corrected chi connectivity index (χ2v) is 6.12. The minimum absolute atomic E-state index is 0.0167. The Kier molecular flexibility index (Phi) is 9.85. The number of hydrogen-bond acceptors (Lipinski definition) is 5. The highest BCUT2D eigenvalue weighted by Crippen LogP contribution is 2.29. The fraction of sp³-hybridized carbons (Fsp3) is 0.600. The first-order chi connectivity index (χ1) is 12.1. The third kappa shape index (κ3) is 5.85. The smallest absolute Gasteiger partial charge is 0.232 e. The van der Waals surface area contributed by atoms with Crippen LogP contribution in [0.5, 0.6) is 0 Å². The van der Waals surface area contributed by atoms with Gasteiger partial charge in [-0.3, -0.25) is 9.59 Å². The Morgan fingerprint density at radius 3 is 1.80 bits per heavy atom. The van der Waals surface area contributed by atoms with E-state index in [4.69, 9.17) is 14.6 Å². The van der Waals surface area contributed by atoms with Crippen molar-refractivity contribution >= 4 is 11.6 Å². The van der Waals surface area contributed by atoms with Gasteiger partial charge in [0, 0.05) is 17.8 Å². The van der Waals surface area contributed by atoms with Crippen molar-refractivity contribution in [3.8, 4) is 0 Å². The molecule has 0 saturated heterocycles. The Morgan fingerprint density at radius 2 is 1.32 bits per heavy atom. The molecule has 1 aliphatic carbocycles. The largest absolute Gasteiger partial charge is 0.489 e. The fourth-order valence-corrected chi connectivity index (χ4v) is 3.03. The van der Waals surface area contributed by atoms with E-state index in [9.17, 15) is 9.59 Å². The first kappa shape index (κ1) is 21.2. The van der Waals surface area contributed by atoms with Gasteiger partial charge in [0.2, 0.25) is 23.1 Å². The monoisotopic (exact) mass is 350 g/mol. The normalized spacial score (nSPS) is 15.0. The molecule has 25 heavy (non-hydrogen) atoms. The fourth-order valence-electron chi connectivity index (χ4n) is 3.03. The molecular formula is C20H30O5. The minimum atomic E-state index is -0.340. The van der Waals surface area contributed by atoms with Crippen LogP contribution in [0.4, 0.5) is 0 Å². The number of aliphatic hydroxyl groups excluding tert-OH is 1. The first-order valence-corrected chi connectivity index (χ1v) is 9.00. The number of ketones is 2. The number of allylic oxidation sites excluding steroid dienone is 3. The number of rotatable bonds is 13. The Morgan fingerprint density at radius 1 is 0.840 bits per heavy atom. The van der Waals surface area contributed by atoms with Crippen LogP contribution in [-0.2, 0) is 19.1 Å². The summed E-state index contributed by atoms with van der Waals surface area (Å²) in [6.07, 6.45) is 10.4. The van der Waals surface area contributed by atoms with Gasteiger partial charge in [0.1, 0.15) is 0 Å². The van der Waals surface area contributed by atoms with Crippen LogP contribution in [0.25, 0.3) is 0 Å². The zero-order valence-corrected chi connectivity index (χ0v) is 15.4. The molecule has 0 unspecified atom stereocenters. The molecule has 0 aromatic carbocycles. The molecule has 0 saturated carbocycles. The quantitative estimate of drug-likeness (QED) is 0.406. The van der Waals surface area contributed by atoms with Crippen LogP contribution in [0, 0.1) is 0 Å². The number of Topliss-reactive ketones (excluding diaryl/α,β-unsaturated/α-hetero) is 2. The molecule has 0 radical (unpaired) electrons. The summed E-state index contributed by atoms with van der Waals surface area (Å²) in [6, 6.07) is 0. The molecule has 1 aliphatic rings. The van der Waals surface area contributed by atoms with Gasteiger partial charge in [-0.2, -0.15) is 0 Å². The molecule has 0 aromatic rings. The van der Waals surface area contributed by atoms with Gasteiger partial charge in [-0.1, -0.05) is 51.2 Å². The van der Waals surface area contributed by atoms with Gasteiger partial charge >= 0.3 is 0 Å². The Bertz CT molecular complexity index is 542. The summed E-state index contributed by atoms with van der Waals surface area (Å²) in [6.45, 7) is 3.94. The predicted molar refractivity (Wildman–Crippen MR) is 96.9 cm³/mol. The lowest BCUT2D eigenvalue weighted by Gasteiger charge is -2.20. The van der Waals surface area contributed by atoms with Crippen molar-refractivity contribution in [3.05, 3.63) is 35.3 Å². The standard InChI is InChI=1S/C20H30O5/c1-4-15-16(13-11-9-7-5-6-8-10-12-14-21)18(23)20(25-3)19(24-2)17(15)22/h4,21H,1,5-14H2,2-3H3. The maximum Gasteiger partial charge on any atom is 0.232 e. The summed E-state index contributed by atoms with van der Waals surface area (Å²) in [5, 5.41) is 8.73. The molecule has 1 N–H and O–H groups in total. The van der Waals surface area contributed by atoms with Gasteiger partial charge in [0.25, 0.3) is 0 Å². The summed E-state index contributed by atoms with van der Waals surface area (Å²) in [7, 11) is 2.72. The second-order valence-electron chi connectivity index (χ2n) is 6.12. The number of unbranched alkanes of at least 4 members (excludes halogenated alkanes) is 7. The Hall–Kier alpha value is -1.88. The number of carbonyl (C=O) groups excluding carboxylic acids is 2. The number of hydrogen-bond donors (Lipinski definition) is 1. The zero-order chi connectivity index (χ0) is 18.7. The van der Waals surface area contributed by atoms with Crippen molar-refractivity contribution in [3.63, 3.8) is 0 Å². The molecule has 0 spiro atoms. The molecule has 0 bridgehead atoms. The molecule has 0 aromatic heterocycles. The van der Waals surface area contributed by atoms with E-state index in [0.29, 0.717) is 17.6 Å². The van der Waals surface area contributed by atoms with E-state index >= 15 is 0 Å². The van der Waals surface area contributed by atoms with Gasteiger partial charge in [-0.25, -0.2) is 0 Å². The van der Waals surface area contributed by atoms with Crippen molar-refractivity contribution in [2.75, 3.05) is 20.8 Å². The van der Waals surface area contributed by atoms with Crippen LogP contribution in [0.1, 0.15) is 57.8 Å². The summed E-state index contributed by atoms with van der Waals surface area (Å²) in [5.74, 6) is -0.684. The summed E-state index contributed by atoms with van der Waals surface area (Å²) >= 11 is 0. The van der Waals surface area contributed by atoms with Crippen LogP contribution in [0.3, 0.4) is 0 Å². The average Bonchev–Trinajstić information content (AvgIpc) is 2.62. The minimum Gasteiger partial charge on any atom is -0.489 e. The van der Waals surface area contributed by atoms with Crippen LogP contribution >= 0.6 is 0 Å². The molecule has 0 heterocycles. The van der Waals surface area contributed by atoms with E-state index in [-0.39, 0.29) is 29.7 Å². The maximum absolute atomic E-state index is 12.6. The van der Waals surface area contributed by atoms with E-state index in [1.165, 1.54) is 26.7 Å². The highest BCUT2D eigenvalue weighted by Gasteiger charge is 2.34. The van der Waals surface area contributed by atoms with E-state index in [2.05, 4.69) is 6.58 Å². The predicted octanol–water partition coefficient (Wildman–Crippen LogP) is 3.63. The zero-order valence-electron chi connectivity index (χ0n) is 15.4. The summed E-state index contributed by atoms with van der Waals surface area (Å²) in [4.78, 5) is 25.0. The van der Waals surface area contributed by atoms with Gasteiger partial charge in [-0.05, 0) is 19.3 Å².